The van der Waals surface area contributed by atoms with E-state index in [0.29, 0.717) is 30.1 Å². The number of anilines is 1. The molecule has 3 heterocycles. The minimum atomic E-state index is -0.428. The lowest BCUT2D eigenvalue weighted by molar-refractivity contribution is -0.384. The fraction of sp³-hybridized carbons (Fsp3) is 0.182. The molecule has 0 saturated carbocycles. The molecule has 2 aromatic carbocycles. The van der Waals surface area contributed by atoms with Crippen LogP contribution in [0.25, 0.3) is 10.2 Å². The molecule has 1 aliphatic heterocycles. The highest BCUT2D eigenvalue weighted by Crippen LogP contribution is 2.35. The fourth-order valence-corrected chi connectivity index (χ4v) is 5.02. The van der Waals surface area contributed by atoms with Gasteiger partial charge >= 0.3 is 0 Å². The van der Waals surface area contributed by atoms with E-state index in [4.69, 9.17) is 0 Å². The van der Waals surface area contributed by atoms with E-state index in [9.17, 15) is 14.9 Å². The number of aryl methyl sites for hydroxylation is 1. The van der Waals surface area contributed by atoms with Crippen molar-refractivity contribution in [3.8, 4) is 0 Å². The van der Waals surface area contributed by atoms with Gasteiger partial charge in [-0.15, -0.1) is 11.3 Å². The monoisotopic (exact) mass is 418 g/mol. The van der Waals surface area contributed by atoms with Gasteiger partial charge in [0.25, 0.3) is 11.6 Å². The van der Waals surface area contributed by atoms with Crippen molar-refractivity contribution in [2.24, 2.45) is 0 Å². The summed E-state index contributed by atoms with van der Waals surface area (Å²) in [5, 5.41) is 16.8. The summed E-state index contributed by atoms with van der Waals surface area (Å²) >= 11 is 1.42. The summed E-state index contributed by atoms with van der Waals surface area (Å²) in [7, 11) is 0. The van der Waals surface area contributed by atoms with Crippen molar-refractivity contribution in [3.63, 3.8) is 0 Å². The second-order valence-electron chi connectivity index (χ2n) is 7.34. The average molecular weight is 418 g/mol. The number of amides is 1. The van der Waals surface area contributed by atoms with Crippen LogP contribution in [-0.4, -0.2) is 27.2 Å². The van der Waals surface area contributed by atoms with E-state index in [2.05, 4.69) is 17.2 Å². The molecule has 0 spiro atoms. The number of nitro benzene ring substituents is 1. The molecule has 0 radical (unpaired) electrons. The Balaban J connectivity index is 1.49. The van der Waals surface area contributed by atoms with E-state index >= 15 is 0 Å². The van der Waals surface area contributed by atoms with Gasteiger partial charge in [0.2, 0.25) is 0 Å². The number of fused-ring (bicyclic) bond motifs is 2. The van der Waals surface area contributed by atoms with Crippen LogP contribution in [0.3, 0.4) is 0 Å². The highest BCUT2D eigenvalue weighted by molar-refractivity contribution is 7.20. The van der Waals surface area contributed by atoms with E-state index in [0.717, 1.165) is 27.0 Å². The summed E-state index contributed by atoms with van der Waals surface area (Å²) in [6.45, 7) is 3.11. The SMILES string of the molecule is Cc1nn(Cc2ccccc2)c2sc(C(=O)N3CCc4ccc([N+](=O)[O-])cc43)cc12. The molecule has 5 rings (SSSR count). The van der Waals surface area contributed by atoms with Gasteiger partial charge in [0, 0.05) is 24.1 Å². The minimum absolute atomic E-state index is 0.000798. The van der Waals surface area contributed by atoms with Gasteiger partial charge in [0.15, 0.2) is 0 Å². The number of carbonyl (C=O) groups excluding carboxylic acids is 1. The summed E-state index contributed by atoms with van der Waals surface area (Å²) in [6, 6.07) is 16.7. The van der Waals surface area contributed by atoms with Crippen LogP contribution < -0.4 is 4.90 Å². The number of non-ortho nitro benzene ring substituents is 1. The summed E-state index contributed by atoms with van der Waals surface area (Å²) in [5.41, 5.74) is 3.62. The van der Waals surface area contributed by atoms with Crippen LogP contribution >= 0.6 is 11.3 Å². The van der Waals surface area contributed by atoms with Gasteiger partial charge in [-0.05, 0) is 30.5 Å². The first-order valence-electron chi connectivity index (χ1n) is 9.61. The van der Waals surface area contributed by atoms with E-state index in [1.807, 2.05) is 35.9 Å². The van der Waals surface area contributed by atoms with Crippen molar-refractivity contribution in [1.29, 1.82) is 0 Å². The molecule has 150 valence electrons. The Morgan fingerprint density at radius 1 is 1.20 bits per heavy atom. The number of aromatic nitrogens is 2. The molecular formula is C22H18N4O3S. The van der Waals surface area contributed by atoms with Crippen LogP contribution in [0.1, 0.15) is 26.5 Å². The zero-order valence-corrected chi connectivity index (χ0v) is 17.1. The standard InChI is InChI=1S/C22H18N4O3S/c1-14-18-12-20(30-22(18)25(23-14)13-15-5-3-2-4-6-15)21(27)24-10-9-16-7-8-17(26(28)29)11-19(16)24/h2-8,11-12H,9-10,13H2,1H3. The van der Waals surface area contributed by atoms with Gasteiger partial charge in [0.1, 0.15) is 4.83 Å². The van der Waals surface area contributed by atoms with Gasteiger partial charge in [-0.1, -0.05) is 36.4 Å². The van der Waals surface area contributed by atoms with Gasteiger partial charge < -0.3 is 4.90 Å². The quantitative estimate of drug-likeness (QED) is 0.359. The molecule has 0 fully saturated rings. The molecule has 1 aliphatic rings. The number of rotatable bonds is 4. The first-order chi connectivity index (χ1) is 14.5. The van der Waals surface area contributed by atoms with Crippen LogP contribution in [0, 0.1) is 17.0 Å². The van der Waals surface area contributed by atoms with E-state index < -0.39 is 4.92 Å². The largest absolute Gasteiger partial charge is 0.307 e. The molecule has 1 amide bonds. The number of nitrogens with zero attached hydrogens (tertiary/aromatic N) is 4. The molecule has 0 atom stereocenters. The van der Waals surface area contributed by atoms with Crippen molar-refractivity contribution in [1.82, 2.24) is 9.78 Å². The average Bonchev–Trinajstić information content (AvgIpc) is 3.43. The normalized spacial score (nSPS) is 13.0. The Bertz CT molecular complexity index is 1290. The van der Waals surface area contributed by atoms with Crippen LogP contribution in [0.5, 0.6) is 0 Å². The third-order valence-corrected chi connectivity index (χ3v) is 6.55. The Hall–Kier alpha value is -3.52. The van der Waals surface area contributed by atoms with Crippen molar-refractivity contribution in [3.05, 3.63) is 86.4 Å². The predicted molar refractivity (Wildman–Crippen MR) is 116 cm³/mol. The Kier molecular flexibility index (Phi) is 4.36. The third kappa shape index (κ3) is 3.05. The number of thiophene rings is 1. The highest BCUT2D eigenvalue weighted by atomic mass is 32.1. The Morgan fingerprint density at radius 2 is 2.00 bits per heavy atom. The molecule has 4 aromatic rings. The third-order valence-electron chi connectivity index (χ3n) is 5.41. The molecule has 8 heteroatoms. The molecule has 0 saturated heterocycles. The van der Waals surface area contributed by atoms with E-state index in [1.165, 1.54) is 23.5 Å². The summed E-state index contributed by atoms with van der Waals surface area (Å²) in [6.07, 6.45) is 0.699. The molecule has 0 aliphatic carbocycles. The lowest BCUT2D eigenvalue weighted by atomic mass is 10.1. The number of nitro groups is 1. The predicted octanol–water partition coefficient (Wildman–Crippen LogP) is 4.57. The maximum Gasteiger partial charge on any atom is 0.271 e. The van der Waals surface area contributed by atoms with Crippen LogP contribution in [0.2, 0.25) is 0 Å². The summed E-state index contributed by atoms with van der Waals surface area (Å²) in [4.78, 5) is 27.2. The van der Waals surface area contributed by atoms with Gasteiger partial charge in [-0.2, -0.15) is 5.10 Å². The second kappa shape index (κ2) is 7.07. The maximum absolute atomic E-state index is 13.3. The Labute approximate surface area is 176 Å². The zero-order valence-electron chi connectivity index (χ0n) is 16.2. The van der Waals surface area contributed by atoms with Gasteiger partial charge in [-0.25, -0.2) is 0 Å². The molecule has 0 bridgehead atoms. The smallest absolute Gasteiger partial charge is 0.271 e. The van der Waals surface area contributed by atoms with Crippen LogP contribution in [0.4, 0.5) is 11.4 Å². The van der Waals surface area contributed by atoms with Crippen molar-refractivity contribution in [2.45, 2.75) is 19.9 Å². The molecule has 7 nitrogen and oxygen atoms in total. The number of hydrogen-bond donors (Lipinski definition) is 0. The number of benzene rings is 2. The zero-order chi connectivity index (χ0) is 20.8. The minimum Gasteiger partial charge on any atom is -0.307 e. The molecular weight excluding hydrogens is 400 g/mol. The number of hydrogen-bond acceptors (Lipinski definition) is 5. The lowest BCUT2D eigenvalue weighted by Crippen LogP contribution is -2.28. The molecule has 2 aromatic heterocycles. The number of carbonyl (C=O) groups is 1. The second-order valence-corrected chi connectivity index (χ2v) is 8.37. The van der Waals surface area contributed by atoms with Crippen LogP contribution in [0.15, 0.2) is 54.6 Å². The van der Waals surface area contributed by atoms with E-state index in [1.54, 1.807) is 11.0 Å². The van der Waals surface area contributed by atoms with Crippen LogP contribution in [-0.2, 0) is 13.0 Å². The lowest BCUT2D eigenvalue weighted by Gasteiger charge is -2.16. The highest BCUT2D eigenvalue weighted by Gasteiger charge is 2.29. The topological polar surface area (TPSA) is 81.3 Å². The van der Waals surface area contributed by atoms with Crippen molar-refractivity contribution in [2.75, 3.05) is 11.4 Å². The summed E-state index contributed by atoms with van der Waals surface area (Å²) in [5.74, 6) is -0.124. The first kappa shape index (κ1) is 18.5. The molecule has 30 heavy (non-hydrogen) atoms. The van der Waals surface area contributed by atoms with Crippen molar-refractivity contribution >= 4 is 38.8 Å². The molecule has 0 unspecified atom stereocenters. The first-order valence-corrected chi connectivity index (χ1v) is 10.4. The van der Waals surface area contributed by atoms with Crippen molar-refractivity contribution < 1.29 is 9.72 Å². The Morgan fingerprint density at radius 3 is 2.77 bits per heavy atom. The maximum atomic E-state index is 13.3. The fourth-order valence-electron chi connectivity index (χ4n) is 3.91. The van der Waals surface area contributed by atoms with E-state index in [-0.39, 0.29) is 11.6 Å². The molecule has 0 N–H and O–H groups in total. The van der Waals surface area contributed by atoms with Gasteiger partial charge in [0.05, 0.1) is 27.7 Å². The van der Waals surface area contributed by atoms with Gasteiger partial charge in [-0.3, -0.25) is 19.6 Å². The summed E-state index contributed by atoms with van der Waals surface area (Å²) < 4.78 is 1.93.